The van der Waals surface area contributed by atoms with Crippen molar-refractivity contribution in [1.29, 1.82) is 0 Å². The van der Waals surface area contributed by atoms with Gasteiger partial charge >= 0.3 is 0 Å². The van der Waals surface area contributed by atoms with Crippen molar-refractivity contribution in [3.8, 4) is 0 Å². The second kappa shape index (κ2) is 10.7. The molecule has 4 rings (SSSR count). The average Bonchev–Trinajstić information content (AvgIpc) is 3.31. The molecule has 33 heavy (non-hydrogen) atoms. The van der Waals surface area contributed by atoms with Crippen LogP contribution in [0.3, 0.4) is 0 Å². The topological polar surface area (TPSA) is 58.6 Å². The van der Waals surface area contributed by atoms with Crippen LogP contribution >= 0.6 is 11.3 Å². The smallest absolute Gasteiger partial charge is 0.248 e. The number of carbonyl (C=O) groups excluding carboxylic acids is 2. The first-order valence-corrected chi connectivity index (χ1v) is 11.9. The molecule has 1 atom stereocenters. The van der Waals surface area contributed by atoms with E-state index in [4.69, 9.17) is 4.74 Å². The summed E-state index contributed by atoms with van der Waals surface area (Å²) in [4.78, 5) is 29.7. The number of thiophene rings is 1. The van der Waals surface area contributed by atoms with Gasteiger partial charge in [-0.25, -0.2) is 4.39 Å². The third-order valence-electron chi connectivity index (χ3n) is 5.82. The molecule has 0 aliphatic carbocycles. The number of hydrogen-bond donors (Lipinski definition) is 1. The van der Waals surface area contributed by atoms with E-state index in [9.17, 15) is 14.0 Å². The van der Waals surface area contributed by atoms with Gasteiger partial charge in [0.15, 0.2) is 0 Å². The molecule has 1 fully saturated rings. The molecule has 7 heteroatoms. The standard InChI is InChI=1S/C26H27FN2O3S/c1-18-6-2-3-10-23(18)25(26(31)28-20-11-13-32-14-12-20)29(21-8-4-7-19(27)16-21)24(30)17-22-9-5-15-33-22/h2-10,15-16,20,25H,11-14,17H2,1H3,(H,28,31). The maximum Gasteiger partial charge on any atom is 0.248 e. The third kappa shape index (κ3) is 5.67. The van der Waals surface area contributed by atoms with Gasteiger partial charge < -0.3 is 10.1 Å². The largest absolute Gasteiger partial charge is 0.381 e. The molecule has 5 nitrogen and oxygen atoms in total. The number of aryl methyl sites for hydroxylation is 1. The first-order chi connectivity index (χ1) is 16.0. The fourth-order valence-electron chi connectivity index (χ4n) is 4.12. The lowest BCUT2D eigenvalue weighted by molar-refractivity contribution is -0.127. The van der Waals surface area contributed by atoms with Gasteiger partial charge in [0.25, 0.3) is 0 Å². The van der Waals surface area contributed by atoms with Crippen LogP contribution in [0.1, 0.15) is 34.9 Å². The normalized spacial score (nSPS) is 15.1. The van der Waals surface area contributed by atoms with Gasteiger partial charge in [-0.1, -0.05) is 36.4 Å². The predicted octanol–water partition coefficient (Wildman–Crippen LogP) is 4.81. The summed E-state index contributed by atoms with van der Waals surface area (Å²) in [5.41, 5.74) is 1.95. The van der Waals surface area contributed by atoms with Gasteiger partial charge in [-0.3, -0.25) is 14.5 Å². The van der Waals surface area contributed by atoms with Crippen LogP contribution < -0.4 is 10.2 Å². The Bertz CT molecular complexity index is 1100. The Labute approximate surface area is 197 Å². The number of benzene rings is 2. The number of ether oxygens (including phenoxy) is 1. The van der Waals surface area contributed by atoms with Crippen molar-refractivity contribution in [2.75, 3.05) is 18.1 Å². The van der Waals surface area contributed by atoms with Crippen molar-refractivity contribution in [2.45, 2.75) is 38.3 Å². The first-order valence-electron chi connectivity index (χ1n) is 11.1. The molecule has 1 N–H and O–H groups in total. The number of carbonyl (C=O) groups is 2. The van der Waals surface area contributed by atoms with Crippen LogP contribution in [0.15, 0.2) is 66.0 Å². The van der Waals surface area contributed by atoms with Crippen LogP contribution in [0.4, 0.5) is 10.1 Å². The molecule has 2 aromatic carbocycles. The summed E-state index contributed by atoms with van der Waals surface area (Å²) >= 11 is 1.48. The molecule has 172 valence electrons. The average molecular weight is 467 g/mol. The maximum absolute atomic E-state index is 14.2. The van der Waals surface area contributed by atoms with Gasteiger partial charge in [-0.05, 0) is 60.5 Å². The summed E-state index contributed by atoms with van der Waals surface area (Å²) in [7, 11) is 0. The summed E-state index contributed by atoms with van der Waals surface area (Å²) in [6.07, 6.45) is 1.56. The van der Waals surface area contributed by atoms with Crippen LogP contribution in [0.2, 0.25) is 0 Å². The van der Waals surface area contributed by atoms with Gasteiger partial charge in [-0.2, -0.15) is 0 Å². The molecule has 1 aliphatic heterocycles. The quantitative estimate of drug-likeness (QED) is 0.544. The van der Waals surface area contributed by atoms with Crippen LogP contribution in [-0.4, -0.2) is 31.1 Å². The molecule has 2 amide bonds. The maximum atomic E-state index is 14.2. The molecule has 1 saturated heterocycles. The molecule has 0 radical (unpaired) electrons. The fourth-order valence-corrected chi connectivity index (χ4v) is 4.82. The van der Waals surface area contributed by atoms with E-state index in [1.54, 1.807) is 12.1 Å². The zero-order chi connectivity index (χ0) is 23.2. The number of halogens is 1. The van der Waals surface area contributed by atoms with Crippen LogP contribution in [0, 0.1) is 12.7 Å². The Morgan fingerprint density at radius 2 is 1.91 bits per heavy atom. The van der Waals surface area contributed by atoms with Crippen molar-refractivity contribution in [3.05, 3.63) is 87.9 Å². The Morgan fingerprint density at radius 1 is 1.12 bits per heavy atom. The van der Waals surface area contributed by atoms with Crippen LogP contribution in [0.25, 0.3) is 0 Å². The lowest BCUT2D eigenvalue weighted by atomic mass is 9.97. The van der Waals surface area contributed by atoms with Gasteiger partial charge in [0, 0.05) is 29.8 Å². The Kier molecular flexibility index (Phi) is 7.52. The van der Waals surface area contributed by atoms with E-state index in [2.05, 4.69) is 5.32 Å². The fraction of sp³-hybridized carbons (Fsp3) is 0.308. The third-order valence-corrected chi connectivity index (χ3v) is 6.69. The number of rotatable bonds is 7. The highest BCUT2D eigenvalue weighted by molar-refractivity contribution is 7.10. The van der Waals surface area contributed by atoms with Gasteiger partial charge in [0.2, 0.25) is 11.8 Å². The number of nitrogens with one attached hydrogen (secondary N) is 1. The van der Waals surface area contributed by atoms with Crippen LogP contribution in [-0.2, 0) is 20.7 Å². The van der Waals surface area contributed by atoms with Crippen LogP contribution in [0.5, 0.6) is 0 Å². The lowest BCUT2D eigenvalue weighted by Crippen LogP contribution is -2.48. The molecule has 1 aromatic heterocycles. The van der Waals surface area contributed by atoms with Gasteiger partial charge in [0.1, 0.15) is 11.9 Å². The Hall–Kier alpha value is -3.03. The van der Waals surface area contributed by atoms with Crippen molar-refractivity contribution in [1.82, 2.24) is 5.32 Å². The van der Waals surface area contributed by atoms with Crippen molar-refractivity contribution < 1.29 is 18.7 Å². The molecule has 0 saturated carbocycles. The van der Waals surface area contributed by atoms with E-state index < -0.39 is 11.9 Å². The molecule has 0 spiro atoms. The lowest BCUT2D eigenvalue weighted by Gasteiger charge is -2.34. The SMILES string of the molecule is Cc1ccccc1C(C(=O)NC1CCOCC1)N(C(=O)Cc1cccs1)c1cccc(F)c1. The molecular weight excluding hydrogens is 439 g/mol. The highest BCUT2D eigenvalue weighted by Crippen LogP contribution is 2.31. The van der Waals surface area contributed by atoms with Crippen molar-refractivity contribution in [3.63, 3.8) is 0 Å². The Balaban J connectivity index is 1.76. The van der Waals surface area contributed by atoms with Crippen molar-refractivity contribution >= 4 is 28.8 Å². The second-order valence-electron chi connectivity index (χ2n) is 8.15. The minimum Gasteiger partial charge on any atom is -0.381 e. The zero-order valence-electron chi connectivity index (χ0n) is 18.5. The zero-order valence-corrected chi connectivity index (χ0v) is 19.3. The van der Waals surface area contributed by atoms with E-state index in [-0.39, 0.29) is 24.3 Å². The molecule has 0 bridgehead atoms. The van der Waals surface area contributed by atoms with E-state index in [0.717, 1.165) is 23.3 Å². The molecule has 2 heterocycles. The van der Waals surface area contributed by atoms with E-state index in [1.807, 2.05) is 48.7 Å². The summed E-state index contributed by atoms with van der Waals surface area (Å²) in [6.45, 7) is 3.09. The summed E-state index contributed by atoms with van der Waals surface area (Å²) < 4.78 is 19.7. The first kappa shape index (κ1) is 23.1. The van der Waals surface area contributed by atoms with Gasteiger partial charge in [-0.15, -0.1) is 11.3 Å². The highest BCUT2D eigenvalue weighted by atomic mass is 32.1. The minimum absolute atomic E-state index is 0.0282. The number of hydrogen-bond acceptors (Lipinski definition) is 4. The summed E-state index contributed by atoms with van der Waals surface area (Å²) in [5, 5.41) is 5.03. The monoisotopic (exact) mass is 466 g/mol. The number of amides is 2. The predicted molar refractivity (Wildman–Crippen MR) is 128 cm³/mol. The van der Waals surface area contributed by atoms with Gasteiger partial charge in [0.05, 0.1) is 6.42 Å². The highest BCUT2D eigenvalue weighted by Gasteiger charge is 2.35. The van der Waals surface area contributed by atoms with Crippen molar-refractivity contribution in [2.24, 2.45) is 0 Å². The van der Waals surface area contributed by atoms with E-state index >= 15 is 0 Å². The summed E-state index contributed by atoms with van der Waals surface area (Å²) in [6, 6.07) is 16.2. The molecule has 3 aromatic rings. The molecular formula is C26H27FN2O3S. The number of nitrogens with zero attached hydrogens (tertiary/aromatic N) is 1. The number of anilines is 1. The summed E-state index contributed by atoms with van der Waals surface area (Å²) in [5.74, 6) is -1.01. The Morgan fingerprint density at radius 3 is 2.61 bits per heavy atom. The molecule has 1 unspecified atom stereocenters. The molecule has 1 aliphatic rings. The minimum atomic E-state index is -0.927. The van der Waals surface area contributed by atoms with E-state index in [0.29, 0.717) is 24.5 Å². The van der Waals surface area contributed by atoms with E-state index in [1.165, 1.54) is 28.4 Å². The second-order valence-corrected chi connectivity index (χ2v) is 9.19.